The third kappa shape index (κ3) is 10.5. The van der Waals surface area contributed by atoms with E-state index in [2.05, 4.69) is 37.9 Å². The Kier molecular flexibility index (Phi) is 11.1. The molecule has 0 saturated carbocycles. The first-order chi connectivity index (χ1) is 13.7. The van der Waals surface area contributed by atoms with Crippen LogP contribution in [0.5, 0.6) is 5.75 Å². The number of rotatable bonds is 13. The zero-order valence-electron chi connectivity index (χ0n) is 18.6. The number of aliphatic hydroxyl groups excluding tert-OH is 2. The molecule has 0 bridgehead atoms. The van der Waals surface area contributed by atoms with Crippen molar-refractivity contribution in [3.63, 3.8) is 0 Å². The van der Waals surface area contributed by atoms with Crippen molar-refractivity contribution in [3.8, 4) is 5.75 Å². The van der Waals surface area contributed by atoms with Gasteiger partial charge in [-0.25, -0.2) is 0 Å². The quantitative estimate of drug-likeness (QED) is 0.291. The van der Waals surface area contributed by atoms with Crippen molar-refractivity contribution in [3.05, 3.63) is 18.2 Å². The molecule has 166 valence electrons. The minimum absolute atomic E-state index is 0.0227. The number of carbonyl (C=O) groups excluding carboxylic acids is 1. The van der Waals surface area contributed by atoms with E-state index in [-0.39, 0.29) is 30.3 Å². The van der Waals surface area contributed by atoms with Crippen LogP contribution >= 0.6 is 0 Å². The van der Waals surface area contributed by atoms with Gasteiger partial charge in [-0.2, -0.15) is 0 Å². The van der Waals surface area contributed by atoms with E-state index in [1.807, 2.05) is 0 Å². The summed E-state index contributed by atoms with van der Waals surface area (Å²) >= 11 is 0. The highest BCUT2D eigenvalue weighted by molar-refractivity contribution is 5.91. The van der Waals surface area contributed by atoms with Crippen molar-refractivity contribution in [2.45, 2.75) is 66.2 Å². The number of nitrogens with one attached hydrogen (secondary N) is 1. The zero-order valence-corrected chi connectivity index (χ0v) is 18.6. The summed E-state index contributed by atoms with van der Waals surface area (Å²) in [5.74, 6) is 0.433. The molecule has 0 aliphatic carbocycles. The highest BCUT2D eigenvalue weighted by atomic mass is 16.3. The molecule has 0 aliphatic heterocycles. The summed E-state index contributed by atoms with van der Waals surface area (Å²) in [6, 6.07) is 5.12. The first kappa shape index (κ1) is 25.2. The van der Waals surface area contributed by atoms with Crippen molar-refractivity contribution < 1.29 is 20.1 Å². The molecule has 0 saturated heterocycles. The summed E-state index contributed by atoms with van der Waals surface area (Å²) < 4.78 is 0. The van der Waals surface area contributed by atoms with Gasteiger partial charge in [0, 0.05) is 38.4 Å². The number of unbranched alkanes of at least 4 members (excludes halogenated alkanes) is 2. The molecule has 1 aromatic carbocycles. The summed E-state index contributed by atoms with van der Waals surface area (Å²) in [6.45, 7) is 10.3. The number of aromatic hydroxyl groups is 1. The normalized spacial score (nSPS) is 12.6. The summed E-state index contributed by atoms with van der Waals surface area (Å²) in [5, 5.41) is 31.4. The average Bonchev–Trinajstić information content (AvgIpc) is 2.60. The van der Waals surface area contributed by atoms with Crippen LogP contribution in [0.1, 0.15) is 66.2 Å². The molecule has 0 aliphatic rings. The lowest BCUT2D eigenvalue weighted by Gasteiger charge is -2.26. The molecular weight excluding hydrogens is 368 g/mol. The summed E-state index contributed by atoms with van der Waals surface area (Å²) in [5.41, 5.74) is 1.52. The molecule has 1 rings (SSSR count). The van der Waals surface area contributed by atoms with E-state index in [0.717, 1.165) is 19.3 Å². The summed E-state index contributed by atoms with van der Waals surface area (Å²) in [6.07, 6.45) is 4.43. The molecule has 1 aromatic rings. The van der Waals surface area contributed by atoms with Gasteiger partial charge in [0.1, 0.15) is 5.75 Å². The second-order valence-electron chi connectivity index (χ2n) is 9.17. The molecule has 6 nitrogen and oxygen atoms in total. The number of hydrogen-bond donors (Lipinski definition) is 4. The van der Waals surface area contributed by atoms with Gasteiger partial charge in [-0.3, -0.25) is 4.79 Å². The van der Waals surface area contributed by atoms with Crippen molar-refractivity contribution in [1.82, 2.24) is 0 Å². The van der Waals surface area contributed by atoms with Crippen molar-refractivity contribution in [1.29, 1.82) is 0 Å². The molecule has 1 unspecified atom stereocenters. The predicted molar refractivity (Wildman–Crippen MR) is 119 cm³/mol. The van der Waals surface area contributed by atoms with E-state index in [0.29, 0.717) is 49.6 Å². The van der Waals surface area contributed by atoms with E-state index in [4.69, 9.17) is 10.2 Å². The smallest absolute Gasteiger partial charge is 0.224 e. The SMILES string of the molecule is CC(CC(=O)Nc1ccc(O)c(N(CCCCO)CCCCO)c1)CC(C)(C)C. The molecule has 0 radical (unpaired) electrons. The fourth-order valence-electron chi connectivity index (χ4n) is 3.68. The third-order valence-corrected chi connectivity index (χ3v) is 4.77. The lowest BCUT2D eigenvalue weighted by Crippen LogP contribution is -2.26. The van der Waals surface area contributed by atoms with Gasteiger partial charge in [0.15, 0.2) is 0 Å². The number of benzene rings is 1. The fourth-order valence-corrected chi connectivity index (χ4v) is 3.68. The Morgan fingerprint density at radius 2 is 1.66 bits per heavy atom. The number of hydrogen-bond acceptors (Lipinski definition) is 5. The van der Waals surface area contributed by atoms with Crippen molar-refractivity contribution in [2.24, 2.45) is 11.3 Å². The maximum absolute atomic E-state index is 12.5. The zero-order chi connectivity index (χ0) is 21.9. The lowest BCUT2D eigenvalue weighted by atomic mass is 9.84. The predicted octanol–water partition coefficient (Wildman–Crippen LogP) is 4.14. The Hall–Kier alpha value is -1.79. The minimum Gasteiger partial charge on any atom is -0.506 e. The molecule has 0 heterocycles. The number of phenolic OH excluding ortho intramolecular Hbond substituents is 1. The molecule has 0 fully saturated rings. The molecule has 1 amide bonds. The molecule has 6 heteroatoms. The highest BCUT2D eigenvalue weighted by Crippen LogP contribution is 2.31. The van der Waals surface area contributed by atoms with E-state index in [9.17, 15) is 9.90 Å². The standard InChI is InChI=1S/C23H40N2O4/c1-18(17-23(2,3)4)15-22(29)24-19-9-10-21(28)20(16-19)25(11-5-7-13-26)12-6-8-14-27/h9-10,16,18,26-28H,5-8,11-15,17H2,1-4H3,(H,24,29). The number of nitrogens with zero attached hydrogens (tertiary/aromatic N) is 1. The van der Waals surface area contributed by atoms with Gasteiger partial charge in [0.2, 0.25) is 5.91 Å². The molecular formula is C23H40N2O4. The van der Waals surface area contributed by atoms with E-state index in [1.165, 1.54) is 0 Å². The Bertz CT molecular complexity index is 603. The lowest BCUT2D eigenvalue weighted by molar-refractivity contribution is -0.117. The van der Waals surface area contributed by atoms with Crippen LogP contribution in [0.3, 0.4) is 0 Å². The number of anilines is 2. The van der Waals surface area contributed by atoms with Gasteiger partial charge in [0.05, 0.1) is 5.69 Å². The highest BCUT2D eigenvalue weighted by Gasteiger charge is 2.18. The largest absolute Gasteiger partial charge is 0.506 e. The minimum atomic E-state index is -0.0227. The Morgan fingerprint density at radius 1 is 1.07 bits per heavy atom. The van der Waals surface area contributed by atoms with Gasteiger partial charge in [-0.1, -0.05) is 27.7 Å². The second kappa shape index (κ2) is 12.7. The van der Waals surface area contributed by atoms with Gasteiger partial charge in [-0.15, -0.1) is 0 Å². The van der Waals surface area contributed by atoms with Crippen LogP contribution in [0.2, 0.25) is 0 Å². The number of phenols is 1. The van der Waals surface area contributed by atoms with Crippen LogP contribution in [0.25, 0.3) is 0 Å². The first-order valence-electron chi connectivity index (χ1n) is 10.8. The first-order valence-corrected chi connectivity index (χ1v) is 10.8. The van der Waals surface area contributed by atoms with Crippen LogP contribution in [-0.4, -0.2) is 47.5 Å². The van der Waals surface area contributed by atoms with E-state index < -0.39 is 0 Å². The second-order valence-corrected chi connectivity index (χ2v) is 9.17. The van der Waals surface area contributed by atoms with Gasteiger partial charge >= 0.3 is 0 Å². The monoisotopic (exact) mass is 408 g/mol. The fraction of sp³-hybridized carbons (Fsp3) is 0.696. The topological polar surface area (TPSA) is 93.0 Å². The Balaban J connectivity index is 2.82. The van der Waals surface area contributed by atoms with Gasteiger partial charge < -0.3 is 25.5 Å². The van der Waals surface area contributed by atoms with Crippen LogP contribution < -0.4 is 10.2 Å². The number of aliphatic hydroxyl groups is 2. The van der Waals surface area contributed by atoms with Crippen LogP contribution in [0.15, 0.2) is 18.2 Å². The van der Waals surface area contributed by atoms with E-state index >= 15 is 0 Å². The molecule has 1 atom stereocenters. The van der Waals surface area contributed by atoms with Crippen LogP contribution in [-0.2, 0) is 4.79 Å². The maximum atomic E-state index is 12.5. The molecule has 0 aromatic heterocycles. The van der Waals surface area contributed by atoms with Crippen molar-refractivity contribution in [2.75, 3.05) is 36.5 Å². The molecule has 0 spiro atoms. The summed E-state index contributed by atoms with van der Waals surface area (Å²) in [7, 11) is 0. The average molecular weight is 409 g/mol. The Labute approximate surface area is 175 Å². The van der Waals surface area contributed by atoms with E-state index in [1.54, 1.807) is 18.2 Å². The number of carbonyl (C=O) groups is 1. The third-order valence-electron chi connectivity index (χ3n) is 4.77. The summed E-state index contributed by atoms with van der Waals surface area (Å²) in [4.78, 5) is 14.5. The van der Waals surface area contributed by atoms with Gasteiger partial charge in [-0.05, 0) is 61.6 Å². The maximum Gasteiger partial charge on any atom is 0.224 e. The van der Waals surface area contributed by atoms with Crippen LogP contribution in [0, 0.1) is 11.3 Å². The molecule has 4 N–H and O–H groups in total. The Morgan fingerprint density at radius 3 is 2.17 bits per heavy atom. The van der Waals surface area contributed by atoms with Gasteiger partial charge in [0.25, 0.3) is 0 Å². The van der Waals surface area contributed by atoms with Crippen molar-refractivity contribution >= 4 is 17.3 Å². The number of amides is 1. The molecule has 29 heavy (non-hydrogen) atoms. The van der Waals surface area contributed by atoms with Crippen LogP contribution in [0.4, 0.5) is 11.4 Å².